The molecule has 0 heterocycles. The number of allylic oxidation sites excluding steroid dienone is 2. The largest absolute Gasteiger partial charge is 0.417 e. The number of fused-ring (bicyclic) bond motifs is 2. The summed E-state index contributed by atoms with van der Waals surface area (Å²) in [5.41, 5.74) is -0.219. The molecule has 2 nitrogen and oxygen atoms in total. The average molecular weight is 337 g/mol. The van der Waals surface area contributed by atoms with Crippen LogP contribution in [0, 0.1) is 29.1 Å². The highest BCUT2D eigenvalue weighted by molar-refractivity contribution is 6.74. The van der Waals surface area contributed by atoms with Crippen LogP contribution in [0.25, 0.3) is 0 Å². The summed E-state index contributed by atoms with van der Waals surface area (Å²) in [6, 6.07) is 0. The molecule has 0 aliphatic heterocycles. The number of hydrogen-bond acceptors (Lipinski definition) is 2. The minimum absolute atomic E-state index is 0.219. The van der Waals surface area contributed by atoms with Gasteiger partial charge in [0.05, 0.1) is 0 Å². The minimum Gasteiger partial charge on any atom is -0.417 e. The van der Waals surface area contributed by atoms with Crippen LogP contribution in [-0.4, -0.2) is 20.7 Å². The van der Waals surface area contributed by atoms with E-state index >= 15 is 0 Å². The molecular weight excluding hydrogens is 300 g/mol. The van der Waals surface area contributed by atoms with Crippen molar-refractivity contribution in [2.24, 2.45) is 29.1 Å². The summed E-state index contributed by atoms with van der Waals surface area (Å²) < 4.78 is 6.57. The highest BCUT2D eigenvalue weighted by atomic mass is 28.4. The van der Waals surface area contributed by atoms with Crippen molar-refractivity contribution >= 4 is 14.1 Å². The first-order valence-electron chi connectivity index (χ1n) is 9.24. The van der Waals surface area contributed by atoms with Crippen LogP contribution >= 0.6 is 0 Å². The van der Waals surface area contributed by atoms with Crippen LogP contribution in [0.4, 0.5) is 0 Å². The van der Waals surface area contributed by atoms with Gasteiger partial charge in [-0.1, -0.05) is 46.8 Å². The summed E-state index contributed by atoms with van der Waals surface area (Å²) in [6.45, 7) is 19.2. The van der Waals surface area contributed by atoms with E-state index < -0.39 is 8.32 Å². The smallest absolute Gasteiger partial charge is 0.191 e. The van der Waals surface area contributed by atoms with Gasteiger partial charge in [0, 0.05) is 18.4 Å². The topological polar surface area (TPSA) is 26.3 Å². The second-order valence-electron chi connectivity index (χ2n) is 9.91. The Labute approximate surface area is 144 Å². The lowest BCUT2D eigenvalue weighted by molar-refractivity contribution is -0.133. The molecule has 0 saturated heterocycles. The summed E-state index contributed by atoms with van der Waals surface area (Å²) >= 11 is 0. The summed E-state index contributed by atoms with van der Waals surface area (Å²) in [4.78, 5) is 12.3. The second kappa shape index (κ2) is 6.14. The number of ketones is 1. The Balaban J connectivity index is 2.12. The molecule has 3 rings (SSSR count). The van der Waals surface area contributed by atoms with Gasteiger partial charge in [0.1, 0.15) is 5.78 Å². The third-order valence-electron chi connectivity index (χ3n) is 6.83. The van der Waals surface area contributed by atoms with E-state index in [1.54, 1.807) is 0 Å². The molecule has 0 amide bonds. The Kier molecular flexibility index (Phi) is 5.05. The Morgan fingerprint density at radius 3 is 2.39 bits per heavy atom. The van der Waals surface area contributed by atoms with Gasteiger partial charge >= 0.3 is 0 Å². The third-order valence-corrected chi connectivity index (χ3v) is 11.3. The molecule has 0 unspecified atom stereocenters. The molecule has 132 valence electrons. The molecule has 4 atom stereocenters. The minimum atomic E-state index is -1.72. The van der Waals surface area contributed by atoms with Crippen LogP contribution in [0.5, 0.6) is 0 Å². The van der Waals surface area contributed by atoms with Gasteiger partial charge in [-0.05, 0) is 55.1 Å². The van der Waals surface area contributed by atoms with Crippen LogP contribution < -0.4 is 0 Å². The van der Waals surface area contributed by atoms with E-state index in [-0.39, 0.29) is 10.5 Å². The van der Waals surface area contributed by atoms with Crippen molar-refractivity contribution in [2.45, 2.75) is 72.5 Å². The van der Waals surface area contributed by atoms with Gasteiger partial charge in [0.2, 0.25) is 0 Å². The predicted octanol–water partition coefficient (Wildman–Crippen LogP) is 5.45. The van der Waals surface area contributed by atoms with E-state index in [1.807, 2.05) is 0 Å². The van der Waals surface area contributed by atoms with Crippen molar-refractivity contribution in [3.63, 3.8) is 0 Å². The van der Waals surface area contributed by atoms with Crippen molar-refractivity contribution in [1.82, 2.24) is 0 Å². The van der Waals surface area contributed by atoms with Crippen molar-refractivity contribution < 1.29 is 9.22 Å². The number of hydrogen-bond donors (Lipinski definition) is 0. The maximum atomic E-state index is 12.3. The van der Waals surface area contributed by atoms with Crippen LogP contribution in [0.2, 0.25) is 18.1 Å². The first-order valence-corrected chi connectivity index (χ1v) is 12.1. The Bertz CT molecular complexity index is 486. The molecule has 2 bridgehead atoms. The Morgan fingerprint density at radius 2 is 1.96 bits per heavy atom. The Hall–Kier alpha value is -0.413. The highest BCUT2D eigenvalue weighted by Gasteiger charge is 2.48. The van der Waals surface area contributed by atoms with Crippen molar-refractivity contribution in [3.8, 4) is 0 Å². The van der Waals surface area contributed by atoms with Crippen LogP contribution in [0.15, 0.2) is 12.2 Å². The van der Waals surface area contributed by atoms with E-state index in [9.17, 15) is 4.79 Å². The standard InChI is InChI=1S/C20H36O2Si/c1-14(2)17(13-22-23(7,8)19(3,4)5)16-12-20(6)10-9-15(16)11-18(20)21/h9-10,14-17H,11-13H2,1-8H3/t15-,16+,17-,20+/m0/s1. The third kappa shape index (κ3) is 3.66. The average Bonchev–Trinajstić information content (AvgIpc) is 2.39. The quantitative estimate of drug-likeness (QED) is 0.493. The summed E-state index contributed by atoms with van der Waals surface area (Å²) in [5.74, 6) is 2.60. The zero-order valence-electron chi connectivity index (χ0n) is 16.4. The molecule has 0 N–H and O–H groups in total. The van der Waals surface area contributed by atoms with Gasteiger partial charge in [0.25, 0.3) is 0 Å². The molecule has 0 aromatic heterocycles. The fourth-order valence-corrected chi connectivity index (χ4v) is 4.90. The molecule has 1 saturated carbocycles. The highest BCUT2D eigenvalue weighted by Crippen LogP contribution is 2.50. The molecule has 23 heavy (non-hydrogen) atoms. The predicted molar refractivity (Wildman–Crippen MR) is 99.9 cm³/mol. The van der Waals surface area contributed by atoms with Gasteiger partial charge in [-0.15, -0.1) is 0 Å². The van der Waals surface area contributed by atoms with E-state index in [0.717, 1.165) is 19.4 Å². The summed E-state index contributed by atoms with van der Waals surface area (Å²) in [6.07, 6.45) is 6.24. The molecule has 0 aromatic carbocycles. The van der Waals surface area contributed by atoms with Crippen molar-refractivity contribution in [1.29, 1.82) is 0 Å². The fourth-order valence-electron chi connectivity index (χ4n) is 3.86. The van der Waals surface area contributed by atoms with E-state index in [0.29, 0.717) is 29.5 Å². The van der Waals surface area contributed by atoms with Gasteiger partial charge in [-0.3, -0.25) is 4.79 Å². The zero-order valence-corrected chi connectivity index (χ0v) is 17.4. The lowest BCUT2D eigenvalue weighted by Gasteiger charge is -2.48. The van der Waals surface area contributed by atoms with E-state index in [2.05, 4.69) is 66.8 Å². The monoisotopic (exact) mass is 336 g/mol. The molecule has 3 aliphatic carbocycles. The van der Waals surface area contributed by atoms with Gasteiger partial charge in [0.15, 0.2) is 8.32 Å². The van der Waals surface area contributed by atoms with Crippen LogP contribution in [0.3, 0.4) is 0 Å². The number of carbonyl (C=O) groups excluding carboxylic acids is 1. The summed E-state index contributed by atoms with van der Waals surface area (Å²) in [7, 11) is -1.72. The zero-order chi connectivity index (χ0) is 17.6. The summed E-state index contributed by atoms with van der Waals surface area (Å²) in [5, 5.41) is 0.252. The lowest BCUT2D eigenvalue weighted by atomic mass is 9.56. The van der Waals surface area contributed by atoms with Crippen LogP contribution in [-0.2, 0) is 9.22 Å². The van der Waals surface area contributed by atoms with Crippen LogP contribution in [0.1, 0.15) is 54.4 Å². The fraction of sp³-hybridized carbons (Fsp3) is 0.850. The Morgan fingerprint density at radius 1 is 1.35 bits per heavy atom. The first kappa shape index (κ1) is 18.9. The van der Waals surface area contributed by atoms with Crippen molar-refractivity contribution in [3.05, 3.63) is 12.2 Å². The number of Topliss-reactive ketones (excluding diaryl/α,β-unsaturated/α-hetero) is 1. The number of rotatable bonds is 5. The van der Waals surface area contributed by atoms with E-state index in [4.69, 9.17) is 4.43 Å². The van der Waals surface area contributed by atoms with Gasteiger partial charge in [-0.2, -0.15) is 0 Å². The molecule has 0 spiro atoms. The molecule has 3 aliphatic rings. The maximum absolute atomic E-state index is 12.3. The lowest BCUT2D eigenvalue weighted by Crippen LogP contribution is -2.48. The molecule has 0 aromatic rings. The second-order valence-corrected chi connectivity index (χ2v) is 14.7. The maximum Gasteiger partial charge on any atom is 0.191 e. The molecule has 1 fully saturated rings. The van der Waals surface area contributed by atoms with E-state index in [1.165, 1.54) is 0 Å². The first-order chi connectivity index (χ1) is 10.4. The van der Waals surface area contributed by atoms with Gasteiger partial charge < -0.3 is 4.43 Å². The molecule has 3 heteroatoms. The molecular formula is C20H36O2Si. The van der Waals surface area contributed by atoms with Crippen molar-refractivity contribution in [2.75, 3.05) is 6.61 Å². The van der Waals surface area contributed by atoms with Gasteiger partial charge in [-0.25, -0.2) is 0 Å². The molecule has 0 radical (unpaired) electrons. The normalized spacial score (nSPS) is 32.7. The SMILES string of the molecule is CC(C)[C@H](CO[Si](C)(C)C(C)(C)C)[C@@H]1C[C@@]2(C)C=C[C@H]1CC2=O. The number of carbonyl (C=O) groups is 1.